The molecule has 25 heavy (non-hydrogen) atoms. The van der Waals surface area contributed by atoms with Crippen LogP contribution in [0.15, 0.2) is 15.8 Å². The molecule has 2 rings (SSSR count). The number of aromatic nitrogens is 2. The number of nitrogens with zero attached hydrogens (tertiary/aromatic N) is 1. The summed E-state index contributed by atoms with van der Waals surface area (Å²) in [5.74, 6) is 0. The highest BCUT2D eigenvalue weighted by molar-refractivity contribution is 7.46. The van der Waals surface area contributed by atoms with E-state index in [2.05, 4.69) is 9.29 Å². The van der Waals surface area contributed by atoms with Crippen molar-refractivity contribution < 1.29 is 43.3 Å². The first-order valence-corrected chi connectivity index (χ1v) is 8.79. The molecule has 0 saturated carbocycles. The predicted molar refractivity (Wildman–Crippen MR) is 79.8 cm³/mol. The Labute approximate surface area is 141 Å². The van der Waals surface area contributed by atoms with Crippen molar-refractivity contribution in [2.24, 2.45) is 0 Å². The number of nitrogens with one attached hydrogen (secondary N) is 1. The summed E-state index contributed by atoms with van der Waals surface area (Å²) in [5, 5.41) is 28.3. The lowest BCUT2D eigenvalue weighted by atomic mass is 10.1. The summed E-state index contributed by atoms with van der Waals surface area (Å²) < 4.78 is 28.3. The molecule has 0 radical (unpaired) electrons. The normalized spacial score (nSPS) is 26.6. The van der Waals surface area contributed by atoms with Gasteiger partial charge in [0.2, 0.25) is 0 Å². The third-order valence-electron chi connectivity index (χ3n) is 3.08. The zero-order valence-electron chi connectivity index (χ0n) is 12.6. The van der Waals surface area contributed by atoms with Crippen LogP contribution in [0.3, 0.4) is 0 Å². The first-order chi connectivity index (χ1) is 11.6. The number of aliphatic hydroxyl groups is 3. The van der Waals surface area contributed by atoms with Gasteiger partial charge in [0.05, 0.1) is 6.61 Å². The fourth-order valence-electron chi connectivity index (χ4n) is 1.94. The second kappa shape index (κ2) is 9.34. The molecule has 1 aliphatic heterocycles. The molecule has 0 spiro atoms. The summed E-state index contributed by atoms with van der Waals surface area (Å²) in [5.41, 5.74) is -1.00. The molecule has 1 aliphatic rings. The maximum atomic E-state index is 11.6. The van der Waals surface area contributed by atoms with Crippen LogP contribution in [-0.2, 0) is 18.2 Å². The van der Waals surface area contributed by atoms with Crippen molar-refractivity contribution in [3.05, 3.63) is 32.6 Å². The molecule has 0 aromatic carbocycles. The second-order valence-electron chi connectivity index (χ2n) is 4.76. The Morgan fingerprint density at radius 3 is 2.20 bits per heavy atom. The minimum Gasteiger partial charge on any atom is -0.394 e. The van der Waals surface area contributed by atoms with Gasteiger partial charge in [-0.3, -0.25) is 14.3 Å². The third kappa shape index (κ3) is 5.82. The molecule has 2 unspecified atom stereocenters. The van der Waals surface area contributed by atoms with Gasteiger partial charge in [0.1, 0.15) is 18.3 Å². The second-order valence-corrected chi connectivity index (χ2v) is 6.37. The van der Waals surface area contributed by atoms with Crippen molar-refractivity contribution in [3.8, 4) is 0 Å². The van der Waals surface area contributed by atoms with Crippen molar-refractivity contribution in [2.75, 3.05) is 6.61 Å². The van der Waals surface area contributed by atoms with Gasteiger partial charge in [-0.1, -0.05) is 0 Å². The summed E-state index contributed by atoms with van der Waals surface area (Å²) in [6.07, 6.45) is -3.52. The number of aliphatic hydroxyl groups excluding tert-OH is 3. The maximum Gasteiger partial charge on any atom is 0.745 e. The van der Waals surface area contributed by atoms with Crippen LogP contribution in [0.5, 0.6) is 0 Å². The number of hydrogen-bond acceptors (Lipinski definition) is 9. The van der Waals surface area contributed by atoms with Crippen LogP contribution in [0.1, 0.15) is 11.8 Å². The first-order valence-electron chi connectivity index (χ1n) is 6.53. The lowest BCUT2D eigenvalue weighted by Gasteiger charge is -2.17. The van der Waals surface area contributed by atoms with E-state index in [0.717, 1.165) is 4.57 Å². The smallest absolute Gasteiger partial charge is 0.394 e. The lowest BCUT2D eigenvalue weighted by Crippen LogP contribution is -2.38. The van der Waals surface area contributed by atoms with Crippen molar-refractivity contribution in [3.63, 3.8) is 0 Å². The van der Waals surface area contributed by atoms with Crippen LogP contribution >= 0.6 is 16.5 Å². The van der Waals surface area contributed by atoms with Gasteiger partial charge in [0, 0.05) is 20.9 Å². The van der Waals surface area contributed by atoms with E-state index in [1.165, 1.54) is 13.1 Å². The average Bonchev–Trinajstić information content (AvgIpc) is 2.78. The van der Waals surface area contributed by atoms with Crippen LogP contribution in [0, 0.1) is 6.92 Å². The van der Waals surface area contributed by atoms with Crippen LogP contribution in [0.25, 0.3) is 0 Å². The molecule has 140 valence electrons. The number of ether oxygens (including phenoxy) is 1. The summed E-state index contributed by atoms with van der Waals surface area (Å²) in [6.45, 7) is 1.02. The van der Waals surface area contributed by atoms with Crippen LogP contribution in [0.2, 0.25) is 0 Å². The number of hydrogen-bond donors (Lipinski definition) is 6. The Balaban J connectivity index is 0.000000381. The number of rotatable bonds is 4. The molecule has 0 amide bonds. The van der Waals surface area contributed by atoms with Gasteiger partial charge in [-0.2, -0.15) is 0 Å². The van der Waals surface area contributed by atoms with Gasteiger partial charge in [-0.25, -0.2) is 4.79 Å². The van der Waals surface area contributed by atoms with Crippen molar-refractivity contribution in [1.82, 2.24) is 9.55 Å². The molecule has 15 heteroatoms. The maximum absolute atomic E-state index is 11.6. The third-order valence-corrected chi connectivity index (χ3v) is 4.19. The Hall–Kier alpha value is -1.40. The van der Waals surface area contributed by atoms with Gasteiger partial charge < -0.3 is 20.1 Å². The van der Waals surface area contributed by atoms with E-state index >= 15 is 0 Å². The van der Waals surface area contributed by atoms with E-state index in [1.54, 1.807) is 0 Å². The molecule has 1 aromatic rings. The molecule has 2 heterocycles. The largest absolute Gasteiger partial charge is 0.745 e. The van der Waals surface area contributed by atoms with Gasteiger partial charge in [-0.05, 0) is 6.92 Å². The lowest BCUT2D eigenvalue weighted by molar-refractivity contribution is -0.0551. The topological polar surface area (TPSA) is 209 Å². The van der Waals surface area contributed by atoms with E-state index in [4.69, 9.17) is 19.6 Å². The van der Waals surface area contributed by atoms with E-state index in [-0.39, 0.29) is 5.56 Å². The summed E-state index contributed by atoms with van der Waals surface area (Å²) >= 11 is 0. The number of aryl methyl sites for hydroxylation is 1. The predicted octanol–water partition coefficient (Wildman–Crippen LogP) is -2.24. The molecule has 13 nitrogen and oxygen atoms in total. The Morgan fingerprint density at radius 2 is 1.80 bits per heavy atom. The highest BCUT2D eigenvalue weighted by Crippen LogP contribution is 2.30. The zero-order chi connectivity index (χ0) is 19.3. The van der Waals surface area contributed by atoms with Crippen molar-refractivity contribution >= 4 is 16.5 Å². The first kappa shape index (κ1) is 21.6. The Kier molecular flexibility index (Phi) is 8.09. The summed E-state index contributed by atoms with van der Waals surface area (Å²) in [4.78, 5) is 40.2. The minimum absolute atomic E-state index is 0.271. The van der Waals surface area contributed by atoms with Gasteiger partial charge in [-0.15, -0.1) is 9.79 Å². The quantitative estimate of drug-likeness (QED) is 0.297. The van der Waals surface area contributed by atoms with Crippen LogP contribution in [0.4, 0.5) is 0 Å². The minimum atomic E-state index is -2.92. The molecule has 1 saturated heterocycles. The van der Waals surface area contributed by atoms with Gasteiger partial charge in [0.15, 0.2) is 10.5 Å². The SMILES string of the molecule is Cc1cn([C@@H]2O[C@H](CO)[C@@H](O)[C@H]2O)c(=O)[nH]c1=O.O=[P+](O)O[P+](=O)O. The molecule has 1 fully saturated rings. The Bertz CT molecular complexity index is 735. The van der Waals surface area contributed by atoms with E-state index in [9.17, 15) is 28.9 Å². The molecule has 0 aliphatic carbocycles. The van der Waals surface area contributed by atoms with Crippen molar-refractivity contribution in [1.29, 1.82) is 0 Å². The summed E-state index contributed by atoms with van der Waals surface area (Å²) in [7, 11) is -5.85. The molecule has 1 aromatic heterocycles. The molecule has 6 N–H and O–H groups in total. The van der Waals surface area contributed by atoms with Gasteiger partial charge in [0.25, 0.3) is 5.56 Å². The van der Waals surface area contributed by atoms with E-state index in [1.807, 2.05) is 0 Å². The molecular formula is C10H16N2O11P2+2. The molecule has 0 bridgehead atoms. The number of H-pyrrole nitrogens is 1. The number of aromatic amines is 1. The highest BCUT2D eigenvalue weighted by Gasteiger charge is 2.43. The highest BCUT2D eigenvalue weighted by atomic mass is 31.2. The van der Waals surface area contributed by atoms with Crippen molar-refractivity contribution in [2.45, 2.75) is 31.5 Å². The van der Waals surface area contributed by atoms with Crippen LogP contribution in [-0.4, -0.2) is 59.6 Å². The molecule has 6 atom stereocenters. The molecular weight excluding hydrogens is 386 g/mol. The monoisotopic (exact) mass is 402 g/mol. The summed E-state index contributed by atoms with van der Waals surface area (Å²) in [6, 6.07) is 0. The fourth-order valence-corrected chi connectivity index (χ4v) is 2.42. The fraction of sp³-hybridized carbons (Fsp3) is 0.600. The zero-order valence-corrected chi connectivity index (χ0v) is 14.4. The van der Waals surface area contributed by atoms with Gasteiger partial charge >= 0.3 is 22.2 Å². The standard InChI is InChI=1S/C10H14N2O6.O5P2/c1-4-2-12(10(17)11-8(4)16)9-7(15)6(14)5(3-13)18-9;1-6(2)5-7(3)4/h2,5-7,9,13-15H,3H2,1H3,(H,11,16,17);/p+2/t5-,6-,7-,9-;/m1./s1. The Morgan fingerprint density at radius 1 is 1.24 bits per heavy atom. The van der Waals surface area contributed by atoms with Crippen LogP contribution < -0.4 is 11.2 Å². The van der Waals surface area contributed by atoms with E-state index < -0.39 is 58.9 Å². The average molecular weight is 402 g/mol. The van der Waals surface area contributed by atoms with E-state index in [0.29, 0.717) is 0 Å².